The second-order valence-corrected chi connectivity index (χ2v) is 7.51. The van der Waals surface area contributed by atoms with Crippen molar-refractivity contribution < 1.29 is 14.7 Å². The normalized spacial score (nSPS) is 14.7. The second kappa shape index (κ2) is 10.0. The first-order valence-corrected chi connectivity index (χ1v) is 10.5. The monoisotopic (exact) mass is 431 g/mol. The smallest absolute Gasteiger partial charge is 0.251 e. The Kier molecular flexibility index (Phi) is 6.72. The van der Waals surface area contributed by atoms with Gasteiger partial charge in [0.25, 0.3) is 5.91 Å². The third kappa shape index (κ3) is 4.92. The Morgan fingerprint density at radius 1 is 0.875 bits per heavy atom. The summed E-state index contributed by atoms with van der Waals surface area (Å²) in [6, 6.07) is 17.8. The number of hydrogen-bond acceptors (Lipinski definition) is 6. The molecule has 164 valence electrons. The fourth-order valence-electron chi connectivity index (χ4n) is 3.67. The van der Waals surface area contributed by atoms with Gasteiger partial charge in [0.05, 0.1) is 6.61 Å². The number of anilines is 1. The standard InChI is InChI=1S/C24H25N5O3/c30-17-21(23(32)28-13-15-29(16-14-28)24-25-11-4-12-26-24)27-22(31)20-9-7-19(8-10-20)18-5-2-1-3-6-18/h1-12,21,30H,13-17H2,(H,27,31)/t21-/m0/s1. The van der Waals surface area contributed by atoms with Gasteiger partial charge in [-0.25, -0.2) is 9.97 Å². The van der Waals surface area contributed by atoms with E-state index in [1.165, 1.54) is 0 Å². The minimum atomic E-state index is -0.990. The van der Waals surface area contributed by atoms with Gasteiger partial charge in [-0.15, -0.1) is 0 Å². The molecule has 1 aliphatic heterocycles. The lowest BCUT2D eigenvalue weighted by Gasteiger charge is -2.36. The molecule has 2 amide bonds. The van der Waals surface area contributed by atoms with Gasteiger partial charge in [-0.1, -0.05) is 42.5 Å². The number of carbonyl (C=O) groups is 2. The Hall–Kier alpha value is -3.78. The summed E-state index contributed by atoms with van der Waals surface area (Å²) < 4.78 is 0. The molecule has 0 spiro atoms. The number of benzene rings is 2. The van der Waals surface area contributed by atoms with Crippen molar-refractivity contribution in [3.05, 3.63) is 78.6 Å². The van der Waals surface area contributed by atoms with Crippen molar-refractivity contribution in [2.75, 3.05) is 37.7 Å². The predicted octanol–water partition coefficient (Wildman–Crippen LogP) is 1.58. The molecule has 1 fully saturated rings. The van der Waals surface area contributed by atoms with Crippen molar-refractivity contribution >= 4 is 17.8 Å². The summed E-state index contributed by atoms with van der Waals surface area (Å²) in [5.74, 6) is -0.0609. The maximum atomic E-state index is 12.9. The van der Waals surface area contributed by atoms with Gasteiger partial charge in [0.1, 0.15) is 6.04 Å². The Morgan fingerprint density at radius 2 is 1.50 bits per heavy atom. The van der Waals surface area contributed by atoms with Gasteiger partial charge in [0, 0.05) is 44.1 Å². The van der Waals surface area contributed by atoms with Crippen LogP contribution in [0.1, 0.15) is 10.4 Å². The van der Waals surface area contributed by atoms with Gasteiger partial charge in [-0.3, -0.25) is 9.59 Å². The van der Waals surface area contributed by atoms with Crippen LogP contribution in [0.4, 0.5) is 5.95 Å². The molecule has 3 aromatic rings. The minimum Gasteiger partial charge on any atom is -0.394 e. The largest absolute Gasteiger partial charge is 0.394 e. The number of hydrogen-bond donors (Lipinski definition) is 2. The lowest BCUT2D eigenvalue weighted by atomic mass is 10.0. The maximum Gasteiger partial charge on any atom is 0.251 e. The van der Waals surface area contributed by atoms with E-state index in [2.05, 4.69) is 15.3 Å². The van der Waals surface area contributed by atoms with E-state index in [1.54, 1.807) is 35.5 Å². The summed E-state index contributed by atoms with van der Waals surface area (Å²) in [6.45, 7) is 1.64. The fourth-order valence-corrected chi connectivity index (χ4v) is 3.67. The van der Waals surface area contributed by atoms with Crippen molar-refractivity contribution in [2.24, 2.45) is 0 Å². The molecular formula is C24H25N5O3. The summed E-state index contributed by atoms with van der Waals surface area (Å²) in [4.78, 5) is 37.7. The Labute approximate surface area is 186 Å². The van der Waals surface area contributed by atoms with E-state index < -0.39 is 18.6 Å². The molecule has 2 aromatic carbocycles. The number of aliphatic hydroxyl groups is 1. The summed E-state index contributed by atoms with van der Waals surface area (Å²) in [5, 5.41) is 12.4. The molecule has 0 saturated carbocycles. The number of rotatable bonds is 6. The van der Waals surface area contributed by atoms with Crippen LogP contribution in [0.3, 0.4) is 0 Å². The first-order valence-electron chi connectivity index (χ1n) is 10.5. The zero-order chi connectivity index (χ0) is 22.3. The quantitative estimate of drug-likeness (QED) is 0.615. The van der Waals surface area contributed by atoms with Crippen LogP contribution in [0.2, 0.25) is 0 Å². The molecule has 1 saturated heterocycles. The third-order valence-electron chi connectivity index (χ3n) is 5.47. The topological polar surface area (TPSA) is 98.7 Å². The van der Waals surface area contributed by atoms with Crippen molar-refractivity contribution in [3.63, 3.8) is 0 Å². The Morgan fingerprint density at radius 3 is 2.12 bits per heavy atom. The highest BCUT2D eigenvalue weighted by Gasteiger charge is 2.29. The molecule has 8 heteroatoms. The first kappa shape index (κ1) is 21.5. The Bertz CT molecular complexity index is 1040. The van der Waals surface area contributed by atoms with Gasteiger partial charge in [0.15, 0.2) is 0 Å². The predicted molar refractivity (Wildman–Crippen MR) is 121 cm³/mol. The van der Waals surface area contributed by atoms with E-state index in [0.717, 1.165) is 11.1 Å². The molecular weight excluding hydrogens is 406 g/mol. The number of carbonyl (C=O) groups excluding carboxylic acids is 2. The van der Waals surface area contributed by atoms with Crippen LogP contribution in [-0.2, 0) is 4.79 Å². The molecule has 0 unspecified atom stereocenters. The number of piperazine rings is 1. The lowest BCUT2D eigenvalue weighted by Crippen LogP contribution is -2.56. The molecule has 4 rings (SSSR count). The SMILES string of the molecule is O=C(N[C@@H](CO)C(=O)N1CCN(c2ncccn2)CC1)c1ccc(-c2ccccc2)cc1. The molecule has 8 nitrogen and oxygen atoms in total. The minimum absolute atomic E-state index is 0.296. The fraction of sp³-hybridized carbons (Fsp3) is 0.250. The van der Waals surface area contributed by atoms with Gasteiger partial charge in [-0.2, -0.15) is 0 Å². The van der Waals surface area contributed by atoms with Crippen LogP contribution in [0.15, 0.2) is 73.1 Å². The van der Waals surface area contributed by atoms with Crippen LogP contribution in [-0.4, -0.2) is 70.6 Å². The first-order chi connectivity index (χ1) is 15.7. The van der Waals surface area contributed by atoms with E-state index >= 15 is 0 Å². The number of nitrogens with zero attached hydrogens (tertiary/aromatic N) is 4. The van der Waals surface area contributed by atoms with Crippen molar-refractivity contribution in [1.82, 2.24) is 20.2 Å². The molecule has 32 heavy (non-hydrogen) atoms. The number of aromatic nitrogens is 2. The van der Waals surface area contributed by atoms with Gasteiger partial charge >= 0.3 is 0 Å². The number of nitrogens with one attached hydrogen (secondary N) is 1. The van der Waals surface area contributed by atoms with E-state index in [-0.39, 0.29) is 5.91 Å². The molecule has 2 heterocycles. The summed E-state index contributed by atoms with van der Waals surface area (Å²) in [5.41, 5.74) is 2.49. The average molecular weight is 431 g/mol. The zero-order valence-corrected chi connectivity index (χ0v) is 17.6. The van der Waals surface area contributed by atoms with E-state index in [4.69, 9.17) is 0 Å². The lowest BCUT2D eigenvalue weighted by molar-refractivity contribution is -0.134. The van der Waals surface area contributed by atoms with Crippen LogP contribution < -0.4 is 10.2 Å². The number of amides is 2. The highest BCUT2D eigenvalue weighted by molar-refractivity contribution is 5.98. The van der Waals surface area contributed by atoms with Crippen molar-refractivity contribution in [3.8, 4) is 11.1 Å². The maximum absolute atomic E-state index is 12.9. The molecule has 0 bridgehead atoms. The van der Waals surface area contributed by atoms with Gasteiger partial charge in [0.2, 0.25) is 11.9 Å². The second-order valence-electron chi connectivity index (χ2n) is 7.51. The zero-order valence-electron chi connectivity index (χ0n) is 17.6. The molecule has 1 aromatic heterocycles. The summed E-state index contributed by atoms with van der Waals surface area (Å²) in [6.07, 6.45) is 3.37. The number of aliphatic hydroxyl groups excluding tert-OH is 1. The van der Waals surface area contributed by atoms with Gasteiger partial charge in [-0.05, 0) is 29.3 Å². The van der Waals surface area contributed by atoms with E-state index in [9.17, 15) is 14.7 Å². The van der Waals surface area contributed by atoms with E-state index in [1.807, 2.05) is 47.4 Å². The third-order valence-corrected chi connectivity index (χ3v) is 5.47. The van der Waals surface area contributed by atoms with Crippen LogP contribution in [0.25, 0.3) is 11.1 Å². The summed E-state index contributed by atoms with van der Waals surface area (Å²) >= 11 is 0. The summed E-state index contributed by atoms with van der Waals surface area (Å²) in [7, 11) is 0. The van der Waals surface area contributed by atoms with E-state index in [0.29, 0.717) is 37.7 Å². The molecule has 1 aliphatic rings. The molecule has 0 aliphatic carbocycles. The molecule has 2 N–H and O–H groups in total. The highest BCUT2D eigenvalue weighted by Crippen LogP contribution is 2.19. The van der Waals surface area contributed by atoms with Crippen LogP contribution in [0.5, 0.6) is 0 Å². The molecule has 0 radical (unpaired) electrons. The van der Waals surface area contributed by atoms with Crippen molar-refractivity contribution in [1.29, 1.82) is 0 Å². The van der Waals surface area contributed by atoms with Crippen molar-refractivity contribution in [2.45, 2.75) is 6.04 Å². The van der Waals surface area contributed by atoms with Crippen LogP contribution in [0, 0.1) is 0 Å². The average Bonchev–Trinajstić information content (AvgIpc) is 2.88. The van der Waals surface area contributed by atoms with Crippen LogP contribution >= 0.6 is 0 Å². The molecule has 1 atom stereocenters. The Balaban J connectivity index is 1.34. The van der Waals surface area contributed by atoms with Gasteiger partial charge < -0.3 is 20.2 Å². The highest BCUT2D eigenvalue weighted by atomic mass is 16.3.